The highest BCUT2D eigenvalue weighted by Crippen LogP contribution is 2.17. The maximum atomic E-state index is 12.7. The predicted molar refractivity (Wildman–Crippen MR) is 100 cm³/mol. The van der Waals surface area contributed by atoms with Gasteiger partial charge in [-0.25, -0.2) is 0 Å². The largest absolute Gasteiger partial charge is 0.379 e. The summed E-state index contributed by atoms with van der Waals surface area (Å²) < 4.78 is 11.6. The summed E-state index contributed by atoms with van der Waals surface area (Å²) in [6.45, 7) is 1.64. The van der Waals surface area contributed by atoms with Gasteiger partial charge in [-0.15, -0.1) is 0 Å². The van der Waals surface area contributed by atoms with Crippen LogP contribution in [0.25, 0.3) is 10.9 Å². The van der Waals surface area contributed by atoms with Crippen molar-refractivity contribution < 1.29 is 14.3 Å². The van der Waals surface area contributed by atoms with E-state index < -0.39 is 0 Å². The van der Waals surface area contributed by atoms with E-state index in [0.717, 1.165) is 22.9 Å². The Bertz CT molecular complexity index is 875. The molecule has 0 saturated carbocycles. The number of aromatic nitrogens is 1. The third-order valence-corrected chi connectivity index (χ3v) is 4.74. The zero-order chi connectivity index (χ0) is 17.8. The molecule has 3 aromatic rings. The van der Waals surface area contributed by atoms with Gasteiger partial charge < -0.3 is 19.8 Å². The Morgan fingerprint density at radius 1 is 1.19 bits per heavy atom. The third-order valence-electron chi connectivity index (χ3n) is 4.74. The van der Waals surface area contributed by atoms with Crippen LogP contribution in [0.1, 0.15) is 22.3 Å². The molecule has 5 nitrogen and oxygen atoms in total. The Morgan fingerprint density at radius 2 is 2.08 bits per heavy atom. The molecule has 134 valence electrons. The first-order valence-corrected chi connectivity index (χ1v) is 8.91. The summed E-state index contributed by atoms with van der Waals surface area (Å²) in [7, 11) is 0. The first kappa shape index (κ1) is 16.8. The van der Waals surface area contributed by atoms with Crippen LogP contribution in [0.2, 0.25) is 0 Å². The van der Waals surface area contributed by atoms with Crippen molar-refractivity contribution in [2.45, 2.75) is 25.2 Å². The van der Waals surface area contributed by atoms with Gasteiger partial charge >= 0.3 is 0 Å². The van der Waals surface area contributed by atoms with Crippen molar-refractivity contribution in [3.05, 3.63) is 71.9 Å². The van der Waals surface area contributed by atoms with Gasteiger partial charge in [-0.3, -0.25) is 4.79 Å². The molecule has 1 amide bonds. The van der Waals surface area contributed by atoms with Crippen LogP contribution in [-0.4, -0.2) is 36.3 Å². The molecule has 0 aliphatic carbocycles. The Hall–Kier alpha value is -2.63. The number of ether oxygens (including phenoxy) is 2. The van der Waals surface area contributed by atoms with Crippen molar-refractivity contribution in [3.63, 3.8) is 0 Å². The van der Waals surface area contributed by atoms with Gasteiger partial charge in [0.25, 0.3) is 5.91 Å². The summed E-state index contributed by atoms with van der Waals surface area (Å²) >= 11 is 0. The minimum absolute atomic E-state index is 0.0538. The maximum absolute atomic E-state index is 12.7. The van der Waals surface area contributed by atoms with Gasteiger partial charge in [-0.1, -0.05) is 30.3 Å². The Labute approximate surface area is 152 Å². The van der Waals surface area contributed by atoms with Crippen LogP contribution in [0.5, 0.6) is 0 Å². The zero-order valence-electron chi connectivity index (χ0n) is 14.5. The van der Waals surface area contributed by atoms with Gasteiger partial charge in [0, 0.05) is 29.3 Å². The Balaban J connectivity index is 1.41. The number of benzene rings is 2. The lowest BCUT2D eigenvalue weighted by Crippen LogP contribution is -2.49. The number of nitrogens with one attached hydrogen (secondary N) is 2. The summed E-state index contributed by atoms with van der Waals surface area (Å²) in [5.41, 5.74) is 2.79. The number of aromatic amines is 1. The minimum Gasteiger partial charge on any atom is -0.379 e. The number of hydrogen-bond acceptors (Lipinski definition) is 3. The van der Waals surface area contributed by atoms with Crippen molar-refractivity contribution in [2.75, 3.05) is 13.2 Å². The molecule has 1 aromatic heterocycles. The van der Waals surface area contributed by atoms with E-state index in [1.807, 2.05) is 60.8 Å². The van der Waals surface area contributed by atoms with Gasteiger partial charge in [-0.05, 0) is 36.2 Å². The average molecular weight is 350 g/mol. The SMILES string of the molecule is O=C(N[C@@H]1CCOC[C@H]1OCc1ccccc1)c1ccc2[nH]ccc2c1. The van der Waals surface area contributed by atoms with Crippen molar-refractivity contribution >= 4 is 16.8 Å². The summed E-state index contributed by atoms with van der Waals surface area (Å²) in [5.74, 6) is -0.0756. The average Bonchev–Trinajstić information content (AvgIpc) is 3.16. The second-order valence-electron chi connectivity index (χ2n) is 6.56. The lowest BCUT2D eigenvalue weighted by molar-refractivity contribution is -0.0736. The standard InChI is InChI=1S/C21H22N2O3/c24-21(17-6-7-18-16(12-17)8-10-22-18)23-19-9-11-25-14-20(19)26-13-15-4-2-1-3-5-15/h1-8,10,12,19-20,22H,9,11,13-14H2,(H,23,24)/t19-,20-/m1/s1. The number of amides is 1. The van der Waals surface area contributed by atoms with E-state index in [4.69, 9.17) is 9.47 Å². The van der Waals surface area contributed by atoms with Gasteiger partial charge in [0.1, 0.15) is 6.10 Å². The van der Waals surface area contributed by atoms with Crippen molar-refractivity contribution in [1.29, 1.82) is 0 Å². The van der Waals surface area contributed by atoms with Gasteiger partial charge in [0.2, 0.25) is 0 Å². The zero-order valence-corrected chi connectivity index (χ0v) is 14.5. The normalized spacial score (nSPS) is 20.2. The summed E-state index contributed by atoms with van der Waals surface area (Å²) in [6, 6.07) is 17.6. The van der Waals surface area contributed by atoms with Gasteiger partial charge in [-0.2, -0.15) is 0 Å². The Morgan fingerprint density at radius 3 is 2.96 bits per heavy atom. The van der Waals surface area contributed by atoms with Crippen LogP contribution in [0.15, 0.2) is 60.8 Å². The maximum Gasteiger partial charge on any atom is 0.251 e. The monoisotopic (exact) mass is 350 g/mol. The molecule has 2 N–H and O–H groups in total. The quantitative estimate of drug-likeness (QED) is 0.742. The molecule has 2 heterocycles. The Kier molecular flexibility index (Phi) is 5.00. The molecular weight excluding hydrogens is 328 g/mol. The molecule has 0 unspecified atom stereocenters. The molecule has 1 saturated heterocycles. The molecule has 0 radical (unpaired) electrons. The van der Waals surface area contributed by atoms with E-state index in [1.54, 1.807) is 0 Å². The summed E-state index contributed by atoms with van der Waals surface area (Å²) in [4.78, 5) is 15.8. The van der Waals surface area contributed by atoms with E-state index in [-0.39, 0.29) is 18.1 Å². The number of carbonyl (C=O) groups is 1. The first-order valence-electron chi connectivity index (χ1n) is 8.91. The van der Waals surface area contributed by atoms with Crippen LogP contribution in [0.3, 0.4) is 0 Å². The first-order chi connectivity index (χ1) is 12.8. The van der Waals surface area contributed by atoms with Gasteiger partial charge in [0.05, 0.1) is 19.3 Å². The highest BCUT2D eigenvalue weighted by atomic mass is 16.5. The number of carbonyl (C=O) groups excluding carboxylic acids is 1. The second-order valence-corrected chi connectivity index (χ2v) is 6.56. The van der Waals surface area contributed by atoms with Crippen LogP contribution in [0, 0.1) is 0 Å². The topological polar surface area (TPSA) is 63.4 Å². The van der Waals surface area contributed by atoms with Crippen molar-refractivity contribution in [3.8, 4) is 0 Å². The highest BCUT2D eigenvalue weighted by molar-refractivity contribution is 5.98. The molecule has 0 bridgehead atoms. The van der Waals surface area contributed by atoms with Crippen LogP contribution in [-0.2, 0) is 16.1 Å². The molecule has 1 aliphatic rings. The van der Waals surface area contributed by atoms with E-state index in [2.05, 4.69) is 10.3 Å². The predicted octanol–water partition coefficient (Wildman–Crippen LogP) is 3.27. The number of hydrogen-bond donors (Lipinski definition) is 2. The smallest absolute Gasteiger partial charge is 0.251 e. The molecule has 26 heavy (non-hydrogen) atoms. The second kappa shape index (κ2) is 7.72. The van der Waals surface area contributed by atoms with E-state index in [1.165, 1.54) is 0 Å². The van der Waals surface area contributed by atoms with Crippen molar-refractivity contribution in [1.82, 2.24) is 10.3 Å². The fourth-order valence-corrected chi connectivity index (χ4v) is 3.26. The van der Waals surface area contributed by atoms with Crippen LogP contribution in [0.4, 0.5) is 0 Å². The van der Waals surface area contributed by atoms with Crippen LogP contribution >= 0.6 is 0 Å². The lowest BCUT2D eigenvalue weighted by atomic mass is 10.0. The van der Waals surface area contributed by atoms with Crippen molar-refractivity contribution in [2.24, 2.45) is 0 Å². The van der Waals surface area contributed by atoms with Gasteiger partial charge in [0.15, 0.2) is 0 Å². The van der Waals surface area contributed by atoms with E-state index >= 15 is 0 Å². The molecule has 2 atom stereocenters. The summed E-state index contributed by atoms with van der Waals surface area (Å²) in [5, 5.41) is 4.15. The molecule has 4 rings (SSSR count). The third kappa shape index (κ3) is 3.79. The minimum atomic E-state index is -0.149. The van der Waals surface area contributed by atoms with Crippen LogP contribution < -0.4 is 5.32 Å². The molecule has 0 spiro atoms. The number of H-pyrrole nitrogens is 1. The lowest BCUT2D eigenvalue weighted by Gasteiger charge is -2.32. The van der Waals surface area contributed by atoms with E-state index in [9.17, 15) is 4.79 Å². The molecule has 1 fully saturated rings. The number of rotatable bonds is 5. The fraction of sp³-hybridized carbons (Fsp3) is 0.286. The van der Waals surface area contributed by atoms with E-state index in [0.29, 0.717) is 25.4 Å². The molecule has 2 aromatic carbocycles. The fourth-order valence-electron chi connectivity index (χ4n) is 3.26. The highest BCUT2D eigenvalue weighted by Gasteiger charge is 2.28. The summed E-state index contributed by atoms with van der Waals surface area (Å²) in [6.07, 6.45) is 2.47. The number of fused-ring (bicyclic) bond motifs is 1. The molecule has 1 aliphatic heterocycles. The molecule has 5 heteroatoms. The molecular formula is C21H22N2O3.